The standard InChI is InChI=1S/C9H9N3.ClH/c10-12-9-6-5-7-3-1-2-4-8(7)11-9;/h1-6H,10H2,(H,11,12);1H. The molecule has 13 heavy (non-hydrogen) atoms. The summed E-state index contributed by atoms with van der Waals surface area (Å²) in [5.41, 5.74) is 3.46. The molecular weight excluding hydrogens is 186 g/mol. The fraction of sp³-hybridized carbons (Fsp3) is 0. The highest BCUT2D eigenvalue weighted by atomic mass is 35.5. The second-order valence-electron chi connectivity index (χ2n) is 2.53. The van der Waals surface area contributed by atoms with Gasteiger partial charge in [-0.05, 0) is 18.2 Å². The van der Waals surface area contributed by atoms with Crippen LogP contribution in [0.5, 0.6) is 0 Å². The average Bonchev–Trinajstić information content (AvgIpc) is 2.17. The molecule has 0 amide bonds. The molecule has 1 aromatic heterocycles. The van der Waals surface area contributed by atoms with Gasteiger partial charge in [0.1, 0.15) is 5.82 Å². The van der Waals surface area contributed by atoms with E-state index in [1.54, 1.807) is 0 Å². The number of hydrazine groups is 1. The first-order chi connectivity index (χ1) is 5.90. The number of para-hydroxylation sites is 1. The highest BCUT2D eigenvalue weighted by molar-refractivity contribution is 5.85. The van der Waals surface area contributed by atoms with E-state index < -0.39 is 0 Å². The van der Waals surface area contributed by atoms with Gasteiger partial charge < -0.3 is 5.43 Å². The van der Waals surface area contributed by atoms with Crippen molar-refractivity contribution in [3.63, 3.8) is 0 Å². The van der Waals surface area contributed by atoms with Crippen LogP contribution in [0.2, 0.25) is 0 Å². The van der Waals surface area contributed by atoms with Crippen molar-refractivity contribution in [3.05, 3.63) is 36.4 Å². The lowest BCUT2D eigenvalue weighted by Gasteiger charge is -2.00. The van der Waals surface area contributed by atoms with Crippen LogP contribution in [0, 0.1) is 0 Å². The molecule has 3 nitrogen and oxygen atoms in total. The SMILES string of the molecule is Cl.NNc1ccc2ccccc2n1. The molecule has 1 heterocycles. The van der Waals surface area contributed by atoms with Crippen LogP contribution in [-0.4, -0.2) is 4.98 Å². The minimum absolute atomic E-state index is 0. The number of rotatable bonds is 1. The monoisotopic (exact) mass is 195 g/mol. The molecule has 0 bridgehead atoms. The summed E-state index contributed by atoms with van der Waals surface area (Å²) in [5, 5.41) is 1.12. The van der Waals surface area contributed by atoms with E-state index >= 15 is 0 Å². The summed E-state index contributed by atoms with van der Waals surface area (Å²) in [4.78, 5) is 4.26. The zero-order valence-electron chi connectivity index (χ0n) is 6.90. The number of nitrogens with zero attached hydrogens (tertiary/aromatic N) is 1. The second-order valence-corrected chi connectivity index (χ2v) is 2.53. The summed E-state index contributed by atoms with van der Waals surface area (Å²) < 4.78 is 0. The number of anilines is 1. The third kappa shape index (κ3) is 1.88. The number of halogens is 1. The van der Waals surface area contributed by atoms with Gasteiger partial charge in [-0.3, -0.25) is 0 Å². The van der Waals surface area contributed by atoms with E-state index in [1.807, 2.05) is 36.4 Å². The molecule has 0 aliphatic heterocycles. The molecule has 0 spiro atoms. The Labute approximate surface area is 82.3 Å². The van der Waals surface area contributed by atoms with E-state index in [0.29, 0.717) is 5.82 Å². The van der Waals surface area contributed by atoms with Gasteiger partial charge in [-0.1, -0.05) is 18.2 Å². The van der Waals surface area contributed by atoms with Gasteiger partial charge in [0.05, 0.1) is 5.52 Å². The largest absolute Gasteiger partial charge is 0.308 e. The highest BCUT2D eigenvalue weighted by Crippen LogP contribution is 2.13. The van der Waals surface area contributed by atoms with Crippen LogP contribution in [0.3, 0.4) is 0 Å². The number of pyridine rings is 1. The van der Waals surface area contributed by atoms with Crippen molar-refractivity contribution < 1.29 is 0 Å². The predicted molar refractivity (Wildman–Crippen MR) is 56.8 cm³/mol. The lowest BCUT2D eigenvalue weighted by Crippen LogP contribution is -2.07. The highest BCUT2D eigenvalue weighted by Gasteiger charge is 1.93. The second kappa shape index (κ2) is 4.07. The first kappa shape index (κ1) is 9.77. The number of hydrogen-bond acceptors (Lipinski definition) is 3. The maximum Gasteiger partial charge on any atom is 0.140 e. The maximum atomic E-state index is 5.23. The topological polar surface area (TPSA) is 50.9 Å². The zero-order chi connectivity index (χ0) is 8.39. The number of benzene rings is 1. The van der Waals surface area contributed by atoms with E-state index in [4.69, 9.17) is 5.84 Å². The smallest absolute Gasteiger partial charge is 0.140 e. The molecule has 68 valence electrons. The Bertz CT molecular complexity index is 403. The molecule has 0 atom stereocenters. The van der Waals surface area contributed by atoms with Crippen molar-refractivity contribution in [2.45, 2.75) is 0 Å². The number of nitrogen functional groups attached to an aromatic ring is 1. The molecule has 0 radical (unpaired) electrons. The number of fused-ring (bicyclic) bond motifs is 1. The maximum absolute atomic E-state index is 5.23. The molecule has 0 saturated carbocycles. The minimum Gasteiger partial charge on any atom is -0.308 e. The fourth-order valence-corrected chi connectivity index (χ4v) is 1.15. The van der Waals surface area contributed by atoms with Gasteiger partial charge in [-0.25, -0.2) is 10.8 Å². The third-order valence-corrected chi connectivity index (χ3v) is 1.75. The van der Waals surface area contributed by atoms with Crippen molar-refractivity contribution in [2.75, 3.05) is 5.43 Å². The molecule has 2 rings (SSSR count). The lowest BCUT2D eigenvalue weighted by molar-refractivity contribution is 1.26. The average molecular weight is 196 g/mol. The molecule has 0 saturated heterocycles. The van der Waals surface area contributed by atoms with E-state index in [0.717, 1.165) is 10.9 Å². The minimum atomic E-state index is 0. The van der Waals surface area contributed by atoms with Crippen molar-refractivity contribution in [1.82, 2.24) is 4.98 Å². The van der Waals surface area contributed by atoms with Gasteiger partial charge >= 0.3 is 0 Å². The summed E-state index contributed by atoms with van der Waals surface area (Å²) in [5.74, 6) is 5.92. The summed E-state index contributed by atoms with van der Waals surface area (Å²) in [6.07, 6.45) is 0. The van der Waals surface area contributed by atoms with Crippen LogP contribution in [0.1, 0.15) is 0 Å². The van der Waals surface area contributed by atoms with Crippen LogP contribution in [0.4, 0.5) is 5.82 Å². The Hall–Kier alpha value is -1.32. The number of hydrogen-bond donors (Lipinski definition) is 2. The lowest BCUT2D eigenvalue weighted by atomic mass is 10.2. The molecule has 0 fully saturated rings. The first-order valence-electron chi connectivity index (χ1n) is 3.72. The number of nitrogens with one attached hydrogen (secondary N) is 1. The number of nitrogens with two attached hydrogens (primary N) is 1. The fourth-order valence-electron chi connectivity index (χ4n) is 1.15. The quantitative estimate of drug-likeness (QED) is 0.540. The van der Waals surface area contributed by atoms with E-state index in [-0.39, 0.29) is 12.4 Å². The predicted octanol–water partition coefficient (Wildman–Crippen LogP) is 1.94. The molecule has 0 unspecified atom stereocenters. The molecule has 2 aromatic rings. The molecule has 3 N–H and O–H groups in total. The molecular formula is C9H10ClN3. The van der Waals surface area contributed by atoms with Crippen LogP contribution in [0.25, 0.3) is 10.9 Å². The Morgan fingerprint density at radius 2 is 1.85 bits per heavy atom. The molecule has 4 heteroatoms. The molecule has 0 aliphatic carbocycles. The summed E-state index contributed by atoms with van der Waals surface area (Å²) in [6, 6.07) is 11.7. The van der Waals surface area contributed by atoms with Crippen LogP contribution in [-0.2, 0) is 0 Å². The van der Waals surface area contributed by atoms with Crippen molar-refractivity contribution in [1.29, 1.82) is 0 Å². The van der Waals surface area contributed by atoms with Crippen LogP contribution in [0.15, 0.2) is 36.4 Å². The summed E-state index contributed by atoms with van der Waals surface area (Å²) >= 11 is 0. The van der Waals surface area contributed by atoms with Crippen molar-refractivity contribution in [2.24, 2.45) is 5.84 Å². The Kier molecular flexibility index (Phi) is 3.06. The van der Waals surface area contributed by atoms with Crippen LogP contribution < -0.4 is 11.3 Å². The van der Waals surface area contributed by atoms with Gasteiger partial charge in [-0.2, -0.15) is 0 Å². The van der Waals surface area contributed by atoms with Gasteiger partial charge in [0, 0.05) is 5.39 Å². The summed E-state index contributed by atoms with van der Waals surface area (Å²) in [7, 11) is 0. The Balaban J connectivity index is 0.000000845. The third-order valence-electron chi connectivity index (χ3n) is 1.75. The van der Waals surface area contributed by atoms with Gasteiger partial charge in [0.25, 0.3) is 0 Å². The summed E-state index contributed by atoms with van der Waals surface area (Å²) in [6.45, 7) is 0. The van der Waals surface area contributed by atoms with Crippen LogP contribution >= 0.6 is 12.4 Å². The zero-order valence-corrected chi connectivity index (χ0v) is 7.71. The Morgan fingerprint density at radius 3 is 2.62 bits per heavy atom. The first-order valence-corrected chi connectivity index (χ1v) is 3.72. The van der Waals surface area contributed by atoms with Crippen molar-refractivity contribution >= 4 is 29.1 Å². The Morgan fingerprint density at radius 1 is 1.08 bits per heavy atom. The molecule has 1 aromatic carbocycles. The van der Waals surface area contributed by atoms with Gasteiger partial charge in [-0.15, -0.1) is 12.4 Å². The molecule has 0 aliphatic rings. The normalized spacial score (nSPS) is 9.31. The van der Waals surface area contributed by atoms with E-state index in [1.165, 1.54) is 0 Å². The van der Waals surface area contributed by atoms with E-state index in [9.17, 15) is 0 Å². The van der Waals surface area contributed by atoms with E-state index in [2.05, 4.69) is 10.4 Å². The number of aromatic nitrogens is 1. The van der Waals surface area contributed by atoms with Gasteiger partial charge in [0.2, 0.25) is 0 Å². The van der Waals surface area contributed by atoms with Gasteiger partial charge in [0.15, 0.2) is 0 Å². The van der Waals surface area contributed by atoms with Crippen molar-refractivity contribution in [3.8, 4) is 0 Å².